The maximum atomic E-state index is 12.1. The summed E-state index contributed by atoms with van der Waals surface area (Å²) in [6, 6.07) is 15.6. The molecule has 23 heavy (non-hydrogen) atoms. The van der Waals surface area contributed by atoms with Gasteiger partial charge in [0.1, 0.15) is 23.7 Å². The Morgan fingerprint density at radius 3 is 2.74 bits per heavy atom. The standard InChI is InChI=1S/C18H16BrNO2S/c1-12(23)20-18(11-21)10-17(13-5-3-2-4-6-13)22-16-8-7-14(19)9-15(16)18/h2-9,11,17H,10H2,1H3,(H,20,23). The molecule has 1 aliphatic rings. The van der Waals surface area contributed by atoms with Crippen LogP contribution in [0.4, 0.5) is 0 Å². The van der Waals surface area contributed by atoms with Crippen molar-refractivity contribution in [1.29, 1.82) is 0 Å². The van der Waals surface area contributed by atoms with Crippen LogP contribution in [0, 0.1) is 0 Å². The van der Waals surface area contributed by atoms with E-state index in [1.807, 2.05) is 48.5 Å². The van der Waals surface area contributed by atoms with Gasteiger partial charge in [0.2, 0.25) is 0 Å². The van der Waals surface area contributed by atoms with Crippen molar-refractivity contribution in [2.24, 2.45) is 0 Å². The third kappa shape index (κ3) is 3.16. The summed E-state index contributed by atoms with van der Waals surface area (Å²) in [5.74, 6) is 0.698. The molecular formula is C18H16BrNO2S. The molecule has 3 nitrogen and oxygen atoms in total. The predicted molar refractivity (Wildman–Crippen MR) is 97.7 cm³/mol. The number of ether oxygens (including phenoxy) is 1. The fourth-order valence-electron chi connectivity index (χ4n) is 2.98. The first-order valence-electron chi connectivity index (χ1n) is 7.31. The quantitative estimate of drug-likeness (QED) is 0.627. The van der Waals surface area contributed by atoms with Gasteiger partial charge >= 0.3 is 0 Å². The van der Waals surface area contributed by atoms with Crippen molar-refractivity contribution < 1.29 is 9.53 Å². The smallest absolute Gasteiger partial charge is 0.150 e. The highest BCUT2D eigenvalue weighted by molar-refractivity contribution is 9.10. The van der Waals surface area contributed by atoms with Crippen LogP contribution < -0.4 is 10.1 Å². The van der Waals surface area contributed by atoms with Gasteiger partial charge in [-0.1, -0.05) is 58.5 Å². The monoisotopic (exact) mass is 389 g/mol. The minimum absolute atomic E-state index is 0.211. The molecule has 2 unspecified atom stereocenters. The summed E-state index contributed by atoms with van der Waals surface area (Å²) >= 11 is 8.67. The molecule has 0 amide bonds. The molecule has 1 aliphatic heterocycles. The number of carbonyl (C=O) groups is 1. The molecule has 0 aliphatic carbocycles. The maximum absolute atomic E-state index is 12.1. The number of halogens is 1. The molecule has 0 aromatic heterocycles. The average molecular weight is 390 g/mol. The first kappa shape index (κ1) is 16.1. The molecule has 2 aromatic rings. The highest BCUT2D eigenvalue weighted by Gasteiger charge is 2.42. The van der Waals surface area contributed by atoms with Crippen LogP contribution in [0.5, 0.6) is 5.75 Å². The number of carbonyl (C=O) groups excluding carboxylic acids is 1. The van der Waals surface area contributed by atoms with Crippen LogP contribution in [0.3, 0.4) is 0 Å². The molecule has 0 radical (unpaired) electrons. The van der Waals surface area contributed by atoms with Crippen LogP contribution in [0.15, 0.2) is 53.0 Å². The van der Waals surface area contributed by atoms with Crippen molar-refractivity contribution in [1.82, 2.24) is 5.32 Å². The lowest BCUT2D eigenvalue weighted by Gasteiger charge is -2.40. The summed E-state index contributed by atoms with van der Waals surface area (Å²) in [6.45, 7) is 1.78. The SMILES string of the molecule is CC(=S)NC1(C=O)CC(c2ccccc2)Oc2ccc(Br)cc21. The highest BCUT2D eigenvalue weighted by Crippen LogP contribution is 2.44. The summed E-state index contributed by atoms with van der Waals surface area (Å²) in [6.07, 6.45) is 1.21. The van der Waals surface area contributed by atoms with Crippen LogP contribution in [0.25, 0.3) is 0 Å². The van der Waals surface area contributed by atoms with E-state index in [4.69, 9.17) is 17.0 Å². The minimum atomic E-state index is -0.885. The van der Waals surface area contributed by atoms with Crippen molar-refractivity contribution in [3.63, 3.8) is 0 Å². The predicted octanol–water partition coefficient (Wildman–Crippen LogP) is 4.30. The number of hydrogen-bond donors (Lipinski definition) is 1. The Balaban J connectivity index is 2.11. The summed E-state index contributed by atoms with van der Waals surface area (Å²) in [5, 5.41) is 3.19. The topological polar surface area (TPSA) is 38.3 Å². The second kappa shape index (κ2) is 6.42. The van der Waals surface area contributed by atoms with E-state index in [2.05, 4.69) is 21.2 Å². The fraction of sp³-hybridized carbons (Fsp3) is 0.222. The third-order valence-corrected chi connectivity index (χ3v) is 4.57. The Labute approximate surface area is 149 Å². The van der Waals surface area contributed by atoms with E-state index >= 15 is 0 Å². The largest absolute Gasteiger partial charge is 0.485 e. The maximum Gasteiger partial charge on any atom is 0.150 e. The number of hydrogen-bond acceptors (Lipinski definition) is 3. The molecule has 1 heterocycles. The van der Waals surface area contributed by atoms with Crippen molar-refractivity contribution in [3.8, 4) is 5.75 Å². The summed E-state index contributed by atoms with van der Waals surface area (Å²) in [7, 11) is 0. The number of benzene rings is 2. The molecule has 2 atom stereocenters. The zero-order valence-corrected chi connectivity index (χ0v) is 15.0. The minimum Gasteiger partial charge on any atom is -0.485 e. The van der Waals surface area contributed by atoms with Gasteiger partial charge in [-0.2, -0.15) is 0 Å². The van der Waals surface area contributed by atoms with Crippen LogP contribution in [0.2, 0.25) is 0 Å². The molecule has 0 spiro atoms. The van der Waals surface area contributed by atoms with Crippen LogP contribution in [0.1, 0.15) is 30.6 Å². The van der Waals surface area contributed by atoms with Crippen molar-refractivity contribution >= 4 is 39.4 Å². The highest BCUT2D eigenvalue weighted by atomic mass is 79.9. The van der Waals surface area contributed by atoms with Gasteiger partial charge in [0.15, 0.2) is 0 Å². The second-order valence-corrected chi connectivity index (χ2v) is 7.16. The summed E-state index contributed by atoms with van der Waals surface area (Å²) in [5.41, 5.74) is 0.957. The first-order chi connectivity index (χ1) is 11.0. The molecule has 0 bridgehead atoms. The number of rotatable bonds is 3. The number of fused-ring (bicyclic) bond motifs is 1. The van der Waals surface area contributed by atoms with E-state index in [9.17, 15) is 4.79 Å². The zero-order chi connectivity index (χ0) is 16.4. The van der Waals surface area contributed by atoms with E-state index in [1.165, 1.54) is 0 Å². The van der Waals surface area contributed by atoms with Gasteiger partial charge in [-0.15, -0.1) is 0 Å². The average Bonchev–Trinajstić information content (AvgIpc) is 2.55. The van der Waals surface area contributed by atoms with Crippen LogP contribution >= 0.6 is 28.1 Å². The van der Waals surface area contributed by atoms with Gasteiger partial charge in [0, 0.05) is 16.5 Å². The number of thiocarbonyl (C=S) groups is 1. The lowest BCUT2D eigenvalue weighted by Crippen LogP contribution is -2.49. The summed E-state index contributed by atoms with van der Waals surface area (Å²) in [4.78, 5) is 12.7. The Bertz CT molecular complexity index is 750. The Hall–Kier alpha value is -1.72. The van der Waals surface area contributed by atoms with E-state index in [-0.39, 0.29) is 6.10 Å². The Morgan fingerprint density at radius 2 is 2.09 bits per heavy atom. The molecule has 0 fully saturated rings. The van der Waals surface area contributed by atoms with Gasteiger partial charge in [-0.25, -0.2) is 0 Å². The third-order valence-electron chi connectivity index (χ3n) is 3.97. The Kier molecular flexibility index (Phi) is 4.50. The van der Waals surface area contributed by atoms with Crippen LogP contribution in [-0.2, 0) is 10.3 Å². The van der Waals surface area contributed by atoms with E-state index in [1.54, 1.807) is 6.92 Å². The molecule has 5 heteroatoms. The van der Waals surface area contributed by atoms with Crippen LogP contribution in [-0.4, -0.2) is 11.3 Å². The number of nitrogens with one attached hydrogen (secondary N) is 1. The van der Waals surface area contributed by atoms with Gasteiger partial charge in [-0.3, -0.25) is 0 Å². The molecule has 0 saturated carbocycles. The Morgan fingerprint density at radius 1 is 1.35 bits per heavy atom. The van der Waals surface area contributed by atoms with Gasteiger partial charge in [-0.05, 0) is 30.7 Å². The molecule has 1 N–H and O–H groups in total. The molecular weight excluding hydrogens is 374 g/mol. The van der Waals surface area contributed by atoms with Crippen molar-refractivity contribution in [3.05, 3.63) is 64.1 Å². The first-order valence-corrected chi connectivity index (χ1v) is 8.51. The molecule has 0 saturated heterocycles. The number of aldehydes is 1. The van der Waals surface area contributed by atoms with Crippen molar-refractivity contribution in [2.75, 3.05) is 0 Å². The fourth-order valence-corrected chi connectivity index (χ4v) is 3.52. The lowest BCUT2D eigenvalue weighted by molar-refractivity contribution is -0.115. The summed E-state index contributed by atoms with van der Waals surface area (Å²) < 4.78 is 7.05. The van der Waals surface area contributed by atoms with Gasteiger partial charge in [0.05, 0.1) is 4.99 Å². The van der Waals surface area contributed by atoms with Crippen molar-refractivity contribution in [2.45, 2.75) is 25.0 Å². The normalized spacial score (nSPS) is 22.6. The van der Waals surface area contributed by atoms with Gasteiger partial charge in [0.25, 0.3) is 0 Å². The second-order valence-electron chi connectivity index (χ2n) is 5.63. The lowest BCUT2D eigenvalue weighted by atomic mass is 9.81. The molecule has 118 valence electrons. The molecule has 3 rings (SSSR count). The van der Waals surface area contributed by atoms with E-state index in [0.717, 1.165) is 21.9 Å². The molecule has 2 aromatic carbocycles. The van der Waals surface area contributed by atoms with E-state index in [0.29, 0.717) is 17.2 Å². The zero-order valence-electron chi connectivity index (χ0n) is 12.6. The van der Waals surface area contributed by atoms with Gasteiger partial charge < -0.3 is 14.8 Å². The van der Waals surface area contributed by atoms with E-state index < -0.39 is 5.54 Å².